The number of hydrogen-bond donors (Lipinski definition) is 1. The molecule has 2 aromatic rings. The fourth-order valence-corrected chi connectivity index (χ4v) is 3.02. The number of hydrogen-bond acceptors (Lipinski definition) is 2. The van der Waals surface area contributed by atoms with Gasteiger partial charge in [0.1, 0.15) is 5.82 Å². The van der Waals surface area contributed by atoms with Crippen LogP contribution in [0.3, 0.4) is 0 Å². The number of rotatable bonds is 3. The van der Waals surface area contributed by atoms with Gasteiger partial charge in [0.15, 0.2) is 0 Å². The van der Waals surface area contributed by atoms with Crippen LogP contribution in [-0.2, 0) is 16.2 Å². The summed E-state index contributed by atoms with van der Waals surface area (Å²) in [6, 6.07) is 7.09. The summed E-state index contributed by atoms with van der Waals surface area (Å²) >= 11 is 1.97. The fourth-order valence-electron chi connectivity index (χ4n) is 1.60. The lowest BCUT2D eigenvalue weighted by molar-refractivity contribution is -0.137. The van der Waals surface area contributed by atoms with Crippen molar-refractivity contribution in [2.24, 2.45) is 0 Å². The van der Waals surface area contributed by atoms with Gasteiger partial charge in [0.25, 0.3) is 10.0 Å². The molecule has 0 bridgehead atoms. The Morgan fingerprint density at radius 1 is 1.00 bits per heavy atom. The quantitative estimate of drug-likeness (QED) is 0.568. The molecule has 0 saturated heterocycles. The highest BCUT2D eigenvalue weighted by molar-refractivity contribution is 14.1. The van der Waals surface area contributed by atoms with Crippen LogP contribution in [0.25, 0.3) is 0 Å². The predicted molar refractivity (Wildman–Crippen MR) is 81.4 cm³/mol. The predicted octanol–water partition coefficient (Wildman–Crippen LogP) is 4.25. The maximum Gasteiger partial charge on any atom is 0.416 e. The molecular formula is C13H8F4INO2S. The van der Waals surface area contributed by atoms with Gasteiger partial charge < -0.3 is 0 Å². The Bertz CT molecular complexity index is 789. The van der Waals surface area contributed by atoms with Crippen molar-refractivity contribution in [1.82, 2.24) is 0 Å². The summed E-state index contributed by atoms with van der Waals surface area (Å²) in [5, 5.41) is 0. The molecule has 1 N–H and O–H groups in total. The molecule has 0 aromatic heterocycles. The first-order valence-electron chi connectivity index (χ1n) is 5.75. The Balaban J connectivity index is 2.39. The Morgan fingerprint density at radius 2 is 1.59 bits per heavy atom. The van der Waals surface area contributed by atoms with E-state index in [1.807, 2.05) is 27.3 Å². The smallest absolute Gasteiger partial charge is 0.277 e. The van der Waals surface area contributed by atoms with Crippen molar-refractivity contribution in [2.45, 2.75) is 11.1 Å². The van der Waals surface area contributed by atoms with Gasteiger partial charge >= 0.3 is 6.18 Å². The molecule has 0 fully saturated rings. The van der Waals surface area contributed by atoms with Crippen LogP contribution in [0.5, 0.6) is 0 Å². The lowest BCUT2D eigenvalue weighted by Crippen LogP contribution is -2.15. The lowest BCUT2D eigenvalue weighted by atomic mass is 10.2. The van der Waals surface area contributed by atoms with Crippen molar-refractivity contribution in [3.8, 4) is 0 Å². The molecule has 22 heavy (non-hydrogen) atoms. The van der Waals surface area contributed by atoms with E-state index in [4.69, 9.17) is 0 Å². The molecule has 0 heterocycles. The molecule has 0 unspecified atom stereocenters. The summed E-state index contributed by atoms with van der Waals surface area (Å²) in [5.41, 5.74) is -1.90. The SMILES string of the molecule is O=S(=O)(Nc1cc(C(F)(F)F)ccc1F)c1ccc(I)cc1. The molecule has 0 atom stereocenters. The van der Waals surface area contributed by atoms with Crippen LogP contribution in [0.4, 0.5) is 23.2 Å². The van der Waals surface area contributed by atoms with Gasteiger partial charge in [0.05, 0.1) is 16.1 Å². The third kappa shape index (κ3) is 3.88. The fraction of sp³-hybridized carbons (Fsp3) is 0.0769. The zero-order chi connectivity index (χ0) is 16.5. The highest BCUT2D eigenvalue weighted by Crippen LogP contribution is 2.32. The largest absolute Gasteiger partial charge is 0.416 e. The van der Waals surface area contributed by atoms with Crippen LogP contribution >= 0.6 is 22.6 Å². The van der Waals surface area contributed by atoms with Gasteiger partial charge in [-0.25, -0.2) is 12.8 Å². The molecule has 3 nitrogen and oxygen atoms in total. The summed E-state index contributed by atoms with van der Waals surface area (Å²) in [6.45, 7) is 0. The Morgan fingerprint density at radius 3 is 2.14 bits per heavy atom. The van der Waals surface area contributed by atoms with E-state index in [-0.39, 0.29) is 4.90 Å². The topological polar surface area (TPSA) is 46.2 Å². The summed E-state index contributed by atoms with van der Waals surface area (Å²) in [7, 11) is -4.18. The minimum Gasteiger partial charge on any atom is -0.277 e. The highest BCUT2D eigenvalue weighted by atomic mass is 127. The average molecular weight is 445 g/mol. The van der Waals surface area contributed by atoms with Crippen LogP contribution < -0.4 is 4.72 Å². The zero-order valence-electron chi connectivity index (χ0n) is 10.7. The third-order valence-electron chi connectivity index (χ3n) is 2.66. The first-order valence-corrected chi connectivity index (χ1v) is 8.31. The van der Waals surface area contributed by atoms with Crippen molar-refractivity contribution in [2.75, 3.05) is 4.72 Å². The molecule has 0 saturated carbocycles. The van der Waals surface area contributed by atoms with Crippen molar-refractivity contribution in [3.05, 3.63) is 57.4 Å². The number of halogens is 5. The second-order valence-electron chi connectivity index (χ2n) is 4.25. The Labute approximate surface area is 137 Å². The molecule has 2 aromatic carbocycles. The molecule has 0 spiro atoms. The van der Waals surface area contributed by atoms with Crippen LogP contribution in [0.2, 0.25) is 0 Å². The van der Waals surface area contributed by atoms with Gasteiger partial charge in [-0.3, -0.25) is 4.72 Å². The van der Waals surface area contributed by atoms with Gasteiger partial charge in [0, 0.05) is 3.57 Å². The number of benzene rings is 2. The minimum atomic E-state index is -4.70. The standard InChI is InChI=1S/C13H8F4INO2S/c14-11-6-1-8(13(15,16)17)7-12(11)19-22(20,21)10-4-2-9(18)3-5-10/h1-7,19H. The molecule has 0 amide bonds. The summed E-state index contributed by atoms with van der Waals surface area (Å²) < 4.78 is 78.1. The highest BCUT2D eigenvalue weighted by Gasteiger charge is 2.31. The monoisotopic (exact) mass is 445 g/mol. The van der Waals surface area contributed by atoms with Crippen molar-refractivity contribution < 1.29 is 26.0 Å². The molecule has 118 valence electrons. The van der Waals surface area contributed by atoms with Gasteiger partial charge in [-0.15, -0.1) is 0 Å². The maximum absolute atomic E-state index is 13.6. The second-order valence-corrected chi connectivity index (χ2v) is 7.18. The Kier molecular flexibility index (Phi) is 4.66. The van der Waals surface area contributed by atoms with Crippen LogP contribution in [0, 0.1) is 9.39 Å². The van der Waals surface area contributed by atoms with Gasteiger partial charge in [0.2, 0.25) is 0 Å². The number of sulfonamides is 1. The minimum absolute atomic E-state index is 0.176. The number of anilines is 1. The summed E-state index contributed by atoms with van der Waals surface area (Å²) in [6.07, 6.45) is -4.70. The molecule has 0 aliphatic carbocycles. The van der Waals surface area contributed by atoms with Crippen molar-refractivity contribution in [1.29, 1.82) is 0 Å². The van der Waals surface area contributed by atoms with E-state index in [1.165, 1.54) is 24.3 Å². The van der Waals surface area contributed by atoms with Crippen LogP contribution in [0.1, 0.15) is 5.56 Å². The van der Waals surface area contributed by atoms with Gasteiger partial charge in [-0.05, 0) is 65.1 Å². The van der Waals surface area contributed by atoms with E-state index in [1.54, 1.807) is 0 Å². The number of nitrogens with one attached hydrogen (secondary N) is 1. The lowest BCUT2D eigenvalue weighted by Gasteiger charge is -2.12. The van der Waals surface area contributed by atoms with Crippen LogP contribution in [-0.4, -0.2) is 8.42 Å². The zero-order valence-corrected chi connectivity index (χ0v) is 13.6. The summed E-state index contributed by atoms with van der Waals surface area (Å²) in [4.78, 5) is -0.176. The molecule has 0 aliphatic heterocycles. The van der Waals surface area contributed by atoms with Crippen molar-refractivity contribution in [3.63, 3.8) is 0 Å². The van der Waals surface area contributed by atoms with Crippen molar-refractivity contribution >= 4 is 38.3 Å². The van der Waals surface area contributed by atoms with E-state index in [0.29, 0.717) is 18.2 Å². The normalized spacial score (nSPS) is 12.2. The Hall–Kier alpha value is -1.36. The first kappa shape index (κ1) is 17.0. The van der Waals surface area contributed by atoms with E-state index in [9.17, 15) is 26.0 Å². The molecule has 2 rings (SSSR count). The maximum atomic E-state index is 13.6. The average Bonchev–Trinajstić information content (AvgIpc) is 2.40. The third-order valence-corrected chi connectivity index (χ3v) is 4.76. The number of alkyl halides is 3. The molecule has 9 heteroatoms. The van der Waals surface area contributed by atoms with E-state index in [2.05, 4.69) is 0 Å². The van der Waals surface area contributed by atoms with Crippen LogP contribution in [0.15, 0.2) is 47.4 Å². The second kappa shape index (κ2) is 6.03. The first-order chi connectivity index (χ1) is 10.1. The van der Waals surface area contributed by atoms with E-state index >= 15 is 0 Å². The van der Waals surface area contributed by atoms with E-state index < -0.39 is 33.3 Å². The van der Waals surface area contributed by atoms with Gasteiger partial charge in [-0.2, -0.15) is 13.2 Å². The van der Waals surface area contributed by atoms with Gasteiger partial charge in [-0.1, -0.05) is 0 Å². The summed E-state index contributed by atoms with van der Waals surface area (Å²) in [5.74, 6) is -1.10. The molecule has 0 aliphatic rings. The van der Waals surface area contributed by atoms with E-state index in [0.717, 1.165) is 3.57 Å². The molecular weight excluding hydrogens is 437 g/mol. The molecule has 0 radical (unpaired) electrons.